The first-order valence-corrected chi connectivity index (χ1v) is 7.44. The van der Waals surface area contributed by atoms with Crippen molar-refractivity contribution < 1.29 is 5.21 Å². The Hall–Kier alpha value is -2.07. The van der Waals surface area contributed by atoms with Crippen molar-refractivity contribution in [1.82, 2.24) is 4.90 Å². The van der Waals surface area contributed by atoms with Gasteiger partial charge in [0.1, 0.15) is 5.84 Å². The van der Waals surface area contributed by atoms with E-state index in [1.807, 2.05) is 0 Å². The van der Waals surface area contributed by atoms with E-state index >= 15 is 0 Å². The summed E-state index contributed by atoms with van der Waals surface area (Å²) in [5.74, 6) is 0.524. The zero-order valence-corrected chi connectivity index (χ0v) is 12.1. The Balaban J connectivity index is 1.79. The van der Waals surface area contributed by atoms with Gasteiger partial charge in [-0.25, -0.2) is 0 Å². The zero-order chi connectivity index (χ0) is 14.7. The second kappa shape index (κ2) is 6.14. The van der Waals surface area contributed by atoms with Crippen molar-refractivity contribution >= 4 is 16.6 Å². The topological polar surface area (TPSA) is 61.9 Å². The molecule has 4 nitrogen and oxygen atoms in total. The summed E-state index contributed by atoms with van der Waals surface area (Å²) < 4.78 is 0. The normalized spacial score (nSPS) is 20.8. The average molecular weight is 283 g/mol. The van der Waals surface area contributed by atoms with Crippen LogP contribution in [0.15, 0.2) is 47.6 Å². The third-order valence-corrected chi connectivity index (χ3v) is 4.31. The molecule has 21 heavy (non-hydrogen) atoms. The molecule has 0 aliphatic carbocycles. The molecule has 0 saturated carbocycles. The van der Waals surface area contributed by atoms with Crippen LogP contribution in [0.25, 0.3) is 10.8 Å². The number of fused-ring (bicyclic) bond motifs is 1. The minimum absolute atomic E-state index is 0.165. The summed E-state index contributed by atoms with van der Waals surface area (Å²) >= 11 is 0. The summed E-state index contributed by atoms with van der Waals surface area (Å²) in [5, 5.41) is 14.6. The van der Waals surface area contributed by atoms with E-state index in [9.17, 15) is 0 Å². The van der Waals surface area contributed by atoms with Gasteiger partial charge < -0.3 is 10.9 Å². The van der Waals surface area contributed by atoms with E-state index in [2.05, 4.69) is 52.5 Å². The van der Waals surface area contributed by atoms with E-state index in [1.165, 1.54) is 16.3 Å². The molecule has 0 aromatic heterocycles. The first-order chi connectivity index (χ1) is 10.3. The molecule has 3 rings (SSSR count). The number of oxime groups is 1. The highest BCUT2D eigenvalue weighted by Gasteiger charge is 2.23. The number of likely N-dealkylation sites (tertiary alicyclic amines) is 1. The molecular formula is C17H21N3O. The van der Waals surface area contributed by atoms with Crippen LogP contribution in [0.5, 0.6) is 0 Å². The molecule has 4 heteroatoms. The van der Waals surface area contributed by atoms with Crippen molar-refractivity contribution in [2.45, 2.75) is 19.4 Å². The van der Waals surface area contributed by atoms with Gasteiger partial charge >= 0.3 is 0 Å². The fourth-order valence-electron chi connectivity index (χ4n) is 3.19. The highest BCUT2D eigenvalue weighted by molar-refractivity contribution is 5.85. The maximum Gasteiger partial charge on any atom is 0.143 e. The van der Waals surface area contributed by atoms with Crippen molar-refractivity contribution in [2.75, 3.05) is 13.1 Å². The molecule has 0 bridgehead atoms. The van der Waals surface area contributed by atoms with E-state index in [0.29, 0.717) is 5.84 Å². The third-order valence-electron chi connectivity index (χ3n) is 4.31. The highest BCUT2D eigenvalue weighted by Crippen LogP contribution is 2.23. The van der Waals surface area contributed by atoms with Crippen LogP contribution in [-0.2, 0) is 6.54 Å². The van der Waals surface area contributed by atoms with Crippen LogP contribution in [0, 0.1) is 5.92 Å². The van der Waals surface area contributed by atoms with Gasteiger partial charge in [-0.3, -0.25) is 4.90 Å². The molecular weight excluding hydrogens is 262 g/mol. The minimum atomic E-state index is 0.165. The summed E-state index contributed by atoms with van der Waals surface area (Å²) in [4.78, 5) is 2.40. The van der Waals surface area contributed by atoms with Crippen LogP contribution >= 0.6 is 0 Å². The summed E-state index contributed by atoms with van der Waals surface area (Å²) in [7, 11) is 0. The minimum Gasteiger partial charge on any atom is -0.409 e. The quantitative estimate of drug-likeness (QED) is 0.394. The van der Waals surface area contributed by atoms with Crippen molar-refractivity contribution in [3.63, 3.8) is 0 Å². The lowest BCUT2D eigenvalue weighted by Crippen LogP contribution is -2.40. The Bertz CT molecular complexity index is 648. The number of hydrogen-bond donors (Lipinski definition) is 2. The standard InChI is InChI=1S/C17H21N3O/c18-17(19-21)15-8-4-10-20(12-15)11-14-7-3-6-13-5-1-2-9-16(13)14/h1-3,5-7,9,15,21H,4,8,10-12H2,(H2,18,19). The first-order valence-electron chi connectivity index (χ1n) is 7.44. The molecule has 1 unspecified atom stereocenters. The van der Waals surface area contributed by atoms with Gasteiger partial charge in [0.15, 0.2) is 0 Å². The average Bonchev–Trinajstić information content (AvgIpc) is 2.55. The Morgan fingerprint density at radius 1 is 1.24 bits per heavy atom. The number of rotatable bonds is 3. The van der Waals surface area contributed by atoms with E-state index in [1.54, 1.807) is 0 Å². The fourth-order valence-corrected chi connectivity index (χ4v) is 3.19. The SMILES string of the molecule is NC(=NO)C1CCCN(Cc2cccc3ccccc23)C1. The number of piperidine rings is 1. The smallest absolute Gasteiger partial charge is 0.143 e. The van der Waals surface area contributed by atoms with Gasteiger partial charge in [0.25, 0.3) is 0 Å². The predicted octanol–water partition coefficient (Wildman–Crippen LogP) is 2.80. The maximum absolute atomic E-state index is 8.85. The maximum atomic E-state index is 8.85. The summed E-state index contributed by atoms with van der Waals surface area (Å²) in [5.41, 5.74) is 7.11. The zero-order valence-electron chi connectivity index (χ0n) is 12.1. The van der Waals surface area contributed by atoms with Crippen LogP contribution in [0.1, 0.15) is 18.4 Å². The summed E-state index contributed by atoms with van der Waals surface area (Å²) in [6, 6.07) is 14.9. The van der Waals surface area contributed by atoms with E-state index < -0.39 is 0 Å². The Kier molecular flexibility index (Phi) is 4.06. The van der Waals surface area contributed by atoms with Crippen LogP contribution in [0.2, 0.25) is 0 Å². The van der Waals surface area contributed by atoms with Gasteiger partial charge in [-0.05, 0) is 35.7 Å². The van der Waals surface area contributed by atoms with Gasteiger partial charge in [-0.15, -0.1) is 0 Å². The number of amidine groups is 1. The lowest BCUT2D eigenvalue weighted by atomic mass is 9.96. The summed E-state index contributed by atoms with van der Waals surface area (Å²) in [6.45, 7) is 2.84. The van der Waals surface area contributed by atoms with Gasteiger partial charge in [0.2, 0.25) is 0 Å². The third kappa shape index (κ3) is 3.00. The molecule has 1 saturated heterocycles. The van der Waals surface area contributed by atoms with Gasteiger partial charge in [-0.1, -0.05) is 47.6 Å². The molecule has 110 valence electrons. The Morgan fingerprint density at radius 3 is 2.90 bits per heavy atom. The van der Waals surface area contributed by atoms with Crippen molar-refractivity contribution in [1.29, 1.82) is 0 Å². The fraction of sp³-hybridized carbons (Fsp3) is 0.353. The predicted molar refractivity (Wildman–Crippen MR) is 85.4 cm³/mol. The second-order valence-electron chi connectivity index (χ2n) is 5.74. The van der Waals surface area contributed by atoms with Crippen molar-refractivity contribution in [3.8, 4) is 0 Å². The summed E-state index contributed by atoms with van der Waals surface area (Å²) in [6.07, 6.45) is 2.09. The van der Waals surface area contributed by atoms with Crippen LogP contribution in [0.4, 0.5) is 0 Å². The van der Waals surface area contributed by atoms with Crippen LogP contribution < -0.4 is 5.73 Å². The molecule has 0 spiro atoms. The van der Waals surface area contributed by atoms with Crippen molar-refractivity contribution in [2.24, 2.45) is 16.8 Å². The largest absolute Gasteiger partial charge is 0.409 e. The van der Waals surface area contributed by atoms with Crippen molar-refractivity contribution in [3.05, 3.63) is 48.0 Å². The molecule has 0 amide bonds. The van der Waals surface area contributed by atoms with E-state index in [0.717, 1.165) is 32.5 Å². The van der Waals surface area contributed by atoms with Gasteiger partial charge in [0.05, 0.1) is 0 Å². The number of benzene rings is 2. The molecule has 2 aromatic carbocycles. The number of nitrogens with two attached hydrogens (primary N) is 1. The number of nitrogens with zero attached hydrogens (tertiary/aromatic N) is 2. The molecule has 1 atom stereocenters. The van der Waals surface area contributed by atoms with Gasteiger partial charge in [0, 0.05) is 19.0 Å². The highest BCUT2D eigenvalue weighted by atomic mass is 16.4. The Labute approximate surface area is 124 Å². The van der Waals surface area contributed by atoms with Gasteiger partial charge in [-0.2, -0.15) is 0 Å². The van der Waals surface area contributed by atoms with Crippen LogP contribution in [0.3, 0.4) is 0 Å². The molecule has 3 N–H and O–H groups in total. The molecule has 0 radical (unpaired) electrons. The molecule has 1 heterocycles. The monoisotopic (exact) mass is 283 g/mol. The lowest BCUT2D eigenvalue weighted by Gasteiger charge is -2.32. The second-order valence-corrected chi connectivity index (χ2v) is 5.74. The molecule has 1 aliphatic heterocycles. The first kappa shape index (κ1) is 13.9. The lowest BCUT2D eigenvalue weighted by molar-refractivity contribution is 0.193. The van der Waals surface area contributed by atoms with Crippen LogP contribution in [-0.4, -0.2) is 29.0 Å². The van der Waals surface area contributed by atoms with E-state index in [-0.39, 0.29) is 5.92 Å². The molecule has 1 aliphatic rings. The van der Waals surface area contributed by atoms with E-state index in [4.69, 9.17) is 10.9 Å². The Morgan fingerprint density at radius 2 is 2.05 bits per heavy atom. The number of hydrogen-bond acceptors (Lipinski definition) is 3. The molecule has 2 aromatic rings. The molecule has 1 fully saturated rings.